The maximum Gasteiger partial charge on any atom is 0.129 e. The van der Waals surface area contributed by atoms with E-state index in [4.69, 9.17) is 0 Å². The molecule has 1 aliphatic heterocycles. The highest BCUT2D eigenvalue weighted by Gasteiger charge is 2.18. The van der Waals surface area contributed by atoms with E-state index in [1.807, 2.05) is 12.1 Å². The molecular weight excluding hydrogens is 218 g/mol. The maximum atomic E-state index is 9.25. The summed E-state index contributed by atoms with van der Waals surface area (Å²) in [6.07, 6.45) is 1.19. The zero-order valence-corrected chi connectivity index (χ0v) is 8.13. The summed E-state index contributed by atoms with van der Waals surface area (Å²) in [6, 6.07) is 6.13. The van der Waals surface area contributed by atoms with Crippen LogP contribution in [-0.4, -0.2) is 11.7 Å². The van der Waals surface area contributed by atoms with Crippen molar-refractivity contribution in [1.82, 2.24) is 5.32 Å². The number of halogens is 1. The molecule has 2 rings (SSSR count). The first kappa shape index (κ1) is 8.08. The van der Waals surface area contributed by atoms with Crippen LogP contribution in [0.15, 0.2) is 22.7 Å². The number of benzene rings is 1. The lowest BCUT2D eigenvalue weighted by Gasteiger charge is -2.28. The Morgan fingerprint density at radius 1 is 1.50 bits per heavy atom. The Hall–Kier alpha value is -0.540. The lowest BCUT2D eigenvalue weighted by atomic mass is 9.98. The Bertz CT molecular complexity index is 297. The smallest absolute Gasteiger partial charge is 0.129 e. The van der Waals surface area contributed by atoms with Gasteiger partial charge in [-0.15, -0.1) is 0 Å². The second-order valence-corrected chi connectivity index (χ2v) is 3.86. The number of phenols is 1. The number of aromatic hydroxyl groups is 1. The van der Waals surface area contributed by atoms with Crippen molar-refractivity contribution in [2.75, 3.05) is 6.54 Å². The molecule has 0 spiro atoms. The lowest BCUT2D eigenvalue weighted by Crippen LogP contribution is -2.34. The van der Waals surface area contributed by atoms with Crippen molar-refractivity contribution in [2.45, 2.75) is 12.5 Å². The van der Waals surface area contributed by atoms with Crippen LogP contribution >= 0.6 is 15.9 Å². The van der Waals surface area contributed by atoms with Crippen molar-refractivity contribution in [3.8, 4) is 5.75 Å². The third kappa shape index (κ3) is 1.34. The van der Waals surface area contributed by atoms with Gasteiger partial charge in [-0.05, 0) is 46.6 Å². The summed E-state index contributed by atoms with van der Waals surface area (Å²) in [4.78, 5) is 0. The summed E-state index contributed by atoms with van der Waals surface area (Å²) < 4.78 is 0.772. The molecule has 1 saturated heterocycles. The van der Waals surface area contributed by atoms with Gasteiger partial charge < -0.3 is 10.4 Å². The lowest BCUT2D eigenvalue weighted by molar-refractivity contribution is 0.382. The predicted octanol–water partition coefficient (Wildman–Crippen LogP) is 2.19. The molecule has 0 aliphatic carbocycles. The van der Waals surface area contributed by atoms with Gasteiger partial charge in [0.15, 0.2) is 0 Å². The van der Waals surface area contributed by atoms with Gasteiger partial charge in [0.05, 0.1) is 4.47 Å². The van der Waals surface area contributed by atoms with Crippen molar-refractivity contribution >= 4 is 15.9 Å². The Morgan fingerprint density at radius 3 is 2.75 bits per heavy atom. The van der Waals surface area contributed by atoms with E-state index in [-0.39, 0.29) is 0 Å². The fraction of sp³-hybridized carbons (Fsp3) is 0.333. The molecule has 64 valence electrons. The van der Waals surface area contributed by atoms with Gasteiger partial charge in [0.25, 0.3) is 0 Å². The first-order chi connectivity index (χ1) is 5.77. The molecule has 12 heavy (non-hydrogen) atoms. The van der Waals surface area contributed by atoms with Crippen molar-refractivity contribution in [1.29, 1.82) is 0 Å². The van der Waals surface area contributed by atoms with E-state index in [0.717, 1.165) is 11.0 Å². The zero-order valence-electron chi connectivity index (χ0n) is 6.55. The van der Waals surface area contributed by atoms with E-state index >= 15 is 0 Å². The van der Waals surface area contributed by atoms with Gasteiger partial charge in [0.2, 0.25) is 0 Å². The summed E-state index contributed by atoms with van der Waals surface area (Å²) in [5, 5.41) is 12.6. The summed E-state index contributed by atoms with van der Waals surface area (Å²) in [7, 11) is 0. The van der Waals surface area contributed by atoms with Gasteiger partial charge in [0, 0.05) is 6.04 Å². The van der Waals surface area contributed by atoms with Crippen LogP contribution in [0.3, 0.4) is 0 Å². The van der Waals surface area contributed by atoms with E-state index in [1.54, 1.807) is 6.07 Å². The van der Waals surface area contributed by atoms with Crippen LogP contribution in [0.4, 0.5) is 0 Å². The zero-order chi connectivity index (χ0) is 8.55. The normalized spacial score (nSPS) is 21.9. The maximum absolute atomic E-state index is 9.25. The molecule has 1 aromatic carbocycles. The third-order valence-corrected chi connectivity index (χ3v) is 2.83. The van der Waals surface area contributed by atoms with Crippen molar-refractivity contribution in [3.05, 3.63) is 28.2 Å². The van der Waals surface area contributed by atoms with Crippen LogP contribution in [0.5, 0.6) is 5.75 Å². The molecule has 0 aromatic heterocycles. The van der Waals surface area contributed by atoms with Crippen LogP contribution in [-0.2, 0) is 0 Å². The van der Waals surface area contributed by atoms with Gasteiger partial charge >= 0.3 is 0 Å². The van der Waals surface area contributed by atoms with Crippen molar-refractivity contribution < 1.29 is 5.11 Å². The highest BCUT2D eigenvalue weighted by atomic mass is 79.9. The second-order valence-electron chi connectivity index (χ2n) is 3.01. The number of hydrogen-bond acceptors (Lipinski definition) is 2. The SMILES string of the molecule is Oc1ccc([C@@H]2CCN2)cc1Br. The van der Waals surface area contributed by atoms with E-state index in [2.05, 4.69) is 21.2 Å². The number of rotatable bonds is 1. The highest BCUT2D eigenvalue weighted by molar-refractivity contribution is 9.10. The molecule has 1 atom stereocenters. The predicted molar refractivity (Wildman–Crippen MR) is 51.2 cm³/mol. The van der Waals surface area contributed by atoms with Gasteiger partial charge in [-0.1, -0.05) is 6.07 Å². The summed E-state index contributed by atoms with van der Waals surface area (Å²) in [5.74, 6) is 0.304. The number of hydrogen-bond donors (Lipinski definition) is 2. The molecule has 2 nitrogen and oxygen atoms in total. The van der Waals surface area contributed by atoms with Crippen LogP contribution in [0.1, 0.15) is 18.0 Å². The van der Waals surface area contributed by atoms with E-state index < -0.39 is 0 Å². The van der Waals surface area contributed by atoms with Crippen molar-refractivity contribution in [2.24, 2.45) is 0 Å². The number of phenolic OH excluding ortho intramolecular Hbond substituents is 1. The summed E-state index contributed by atoms with van der Waals surface area (Å²) in [5.41, 5.74) is 1.24. The van der Waals surface area contributed by atoms with E-state index in [0.29, 0.717) is 11.8 Å². The molecule has 0 amide bonds. The minimum absolute atomic E-state index is 0.304. The molecule has 0 unspecified atom stereocenters. The molecule has 2 N–H and O–H groups in total. The molecule has 0 saturated carbocycles. The minimum Gasteiger partial charge on any atom is -0.507 e. The first-order valence-corrected chi connectivity index (χ1v) is 4.78. The van der Waals surface area contributed by atoms with Crippen LogP contribution in [0, 0.1) is 0 Å². The fourth-order valence-corrected chi connectivity index (χ4v) is 1.71. The third-order valence-electron chi connectivity index (χ3n) is 2.20. The Morgan fingerprint density at radius 2 is 2.25 bits per heavy atom. The largest absolute Gasteiger partial charge is 0.507 e. The molecular formula is C9H10BrNO. The Kier molecular flexibility index (Phi) is 2.07. The molecule has 1 aromatic rings. The Balaban J connectivity index is 2.27. The van der Waals surface area contributed by atoms with Gasteiger partial charge in [-0.2, -0.15) is 0 Å². The summed E-state index contributed by atoms with van der Waals surface area (Å²) >= 11 is 3.29. The van der Waals surface area contributed by atoms with Crippen molar-refractivity contribution in [3.63, 3.8) is 0 Å². The first-order valence-electron chi connectivity index (χ1n) is 3.99. The van der Waals surface area contributed by atoms with Gasteiger partial charge in [-0.25, -0.2) is 0 Å². The van der Waals surface area contributed by atoms with Crippen LogP contribution in [0.2, 0.25) is 0 Å². The van der Waals surface area contributed by atoms with E-state index in [9.17, 15) is 5.11 Å². The topological polar surface area (TPSA) is 32.3 Å². The average Bonchev–Trinajstić information content (AvgIpc) is 1.93. The molecule has 1 aliphatic rings. The standard InChI is InChI=1S/C9H10BrNO/c10-7-5-6(1-2-9(7)12)8-3-4-11-8/h1-2,5,8,11-12H,3-4H2/t8-/m0/s1. The molecule has 3 heteroatoms. The molecule has 0 bridgehead atoms. The Labute approximate surface area is 79.7 Å². The monoisotopic (exact) mass is 227 g/mol. The van der Waals surface area contributed by atoms with Gasteiger partial charge in [-0.3, -0.25) is 0 Å². The van der Waals surface area contributed by atoms with E-state index in [1.165, 1.54) is 12.0 Å². The molecule has 0 radical (unpaired) electrons. The highest BCUT2D eigenvalue weighted by Crippen LogP contribution is 2.30. The van der Waals surface area contributed by atoms with Crippen LogP contribution < -0.4 is 5.32 Å². The minimum atomic E-state index is 0.304. The quantitative estimate of drug-likeness (QED) is 0.772. The second kappa shape index (κ2) is 3.07. The molecule has 1 heterocycles. The molecule has 1 fully saturated rings. The van der Waals surface area contributed by atoms with Gasteiger partial charge in [0.1, 0.15) is 5.75 Å². The number of nitrogens with one attached hydrogen (secondary N) is 1. The fourth-order valence-electron chi connectivity index (χ4n) is 1.31. The van der Waals surface area contributed by atoms with Crippen LogP contribution in [0.25, 0.3) is 0 Å². The average molecular weight is 228 g/mol. The summed E-state index contributed by atoms with van der Waals surface area (Å²) in [6.45, 7) is 1.10.